The van der Waals surface area contributed by atoms with E-state index >= 15 is 0 Å². The van der Waals surface area contributed by atoms with Gasteiger partial charge in [0, 0.05) is 32.9 Å². The summed E-state index contributed by atoms with van der Waals surface area (Å²) >= 11 is 0. The van der Waals surface area contributed by atoms with Gasteiger partial charge in [-0.15, -0.1) is 0 Å². The predicted molar refractivity (Wildman–Crippen MR) is 215 cm³/mol. The van der Waals surface area contributed by atoms with E-state index in [4.69, 9.17) is 0 Å². The monoisotopic (exact) mass is 646 g/mol. The molecule has 49 heavy (non-hydrogen) atoms. The first kappa shape index (κ1) is 33.2. The van der Waals surface area contributed by atoms with Crippen molar-refractivity contribution >= 4 is 43.6 Å². The summed E-state index contributed by atoms with van der Waals surface area (Å²) < 4.78 is 4.96. The molecule has 2 nitrogen and oxygen atoms in total. The van der Waals surface area contributed by atoms with Crippen LogP contribution in [-0.4, -0.2) is 9.13 Å². The second kappa shape index (κ2) is 10.8. The summed E-state index contributed by atoms with van der Waals surface area (Å²) in [6.07, 6.45) is 0. The van der Waals surface area contributed by atoms with Crippen molar-refractivity contribution in [1.82, 2.24) is 9.13 Å². The van der Waals surface area contributed by atoms with Gasteiger partial charge >= 0.3 is 0 Å². The quantitative estimate of drug-likeness (QED) is 0.177. The lowest BCUT2D eigenvalue weighted by Gasteiger charge is -2.20. The first-order valence-electron chi connectivity index (χ1n) is 18.0. The molecule has 0 atom stereocenters. The van der Waals surface area contributed by atoms with E-state index in [0.717, 1.165) is 0 Å². The molecule has 2 heteroatoms. The van der Waals surface area contributed by atoms with Crippen LogP contribution >= 0.6 is 0 Å². The van der Waals surface area contributed by atoms with Crippen molar-refractivity contribution in [1.29, 1.82) is 0 Å². The van der Waals surface area contributed by atoms with E-state index in [1.807, 2.05) is 0 Å². The lowest BCUT2D eigenvalue weighted by molar-refractivity contribution is 0.590. The Morgan fingerprint density at radius 3 is 0.939 bits per heavy atom. The molecule has 0 aliphatic heterocycles. The highest BCUT2D eigenvalue weighted by Crippen LogP contribution is 2.41. The molecule has 2 heterocycles. The van der Waals surface area contributed by atoms with Crippen molar-refractivity contribution in [3.8, 4) is 11.4 Å². The Bertz CT molecular complexity index is 2270. The molecule has 7 aromatic rings. The van der Waals surface area contributed by atoms with Gasteiger partial charge in [-0.1, -0.05) is 107 Å². The number of hydrogen-bond donors (Lipinski definition) is 0. The molecule has 0 bridgehead atoms. The molecule has 0 saturated heterocycles. The van der Waals surface area contributed by atoms with E-state index < -0.39 is 0 Å². The van der Waals surface area contributed by atoms with E-state index in [1.54, 1.807) is 0 Å². The van der Waals surface area contributed by atoms with E-state index in [1.165, 1.54) is 82.8 Å². The fourth-order valence-corrected chi connectivity index (χ4v) is 7.48. The maximum atomic E-state index is 2.49. The average Bonchev–Trinajstić information content (AvgIpc) is 3.50. The summed E-state index contributed by atoms with van der Waals surface area (Å²) in [4.78, 5) is 0. The molecule has 0 aliphatic rings. The Morgan fingerprint density at radius 1 is 0.347 bits per heavy atom. The van der Waals surface area contributed by atoms with Crippen molar-refractivity contribution in [2.45, 2.75) is 112 Å². The second-order valence-corrected chi connectivity index (χ2v) is 18.6. The van der Waals surface area contributed by atoms with Crippen LogP contribution < -0.4 is 0 Å². The van der Waals surface area contributed by atoms with Crippen molar-refractivity contribution in [3.05, 3.63) is 119 Å². The van der Waals surface area contributed by atoms with Crippen LogP contribution in [0.2, 0.25) is 0 Å². The van der Waals surface area contributed by atoms with Crippen molar-refractivity contribution < 1.29 is 0 Å². The maximum Gasteiger partial charge on any atom is 0.0541 e. The first-order chi connectivity index (χ1) is 22.7. The Hall–Kier alpha value is -4.30. The number of fused-ring (bicyclic) bond motifs is 6. The third-order valence-electron chi connectivity index (χ3n) is 10.7. The van der Waals surface area contributed by atoms with Gasteiger partial charge in [0.2, 0.25) is 0 Å². The molecular weight excluding hydrogens is 593 g/mol. The van der Waals surface area contributed by atoms with Crippen molar-refractivity contribution in [3.63, 3.8) is 0 Å². The highest BCUT2D eigenvalue weighted by Gasteiger charge is 2.23. The number of aromatic nitrogens is 2. The zero-order valence-electron chi connectivity index (χ0n) is 32.1. The highest BCUT2D eigenvalue weighted by molar-refractivity contribution is 6.11. The zero-order valence-corrected chi connectivity index (χ0v) is 32.1. The van der Waals surface area contributed by atoms with Crippen LogP contribution in [-0.2, 0) is 21.7 Å². The molecule has 5 aromatic carbocycles. The van der Waals surface area contributed by atoms with Gasteiger partial charge < -0.3 is 9.13 Å². The topological polar surface area (TPSA) is 9.86 Å². The minimum absolute atomic E-state index is 0.0748. The Balaban J connectivity index is 1.47. The van der Waals surface area contributed by atoms with Gasteiger partial charge in [-0.3, -0.25) is 0 Å². The van der Waals surface area contributed by atoms with E-state index in [0.29, 0.717) is 0 Å². The van der Waals surface area contributed by atoms with Crippen LogP contribution in [0.25, 0.3) is 55.0 Å². The Labute approximate surface area is 293 Å². The Kier molecular flexibility index (Phi) is 7.35. The fourth-order valence-electron chi connectivity index (χ4n) is 7.48. The van der Waals surface area contributed by atoms with Crippen molar-refractivity contribution in [2.24, 2.45) is 0 Å². The minimum Gasteiger partial charge on any atom is -0.309 e. The number of hydrogen-bond acceptors (Lipinski definition) is 0. The standard InChI is InChI=1S/C47H54N2/c1-29-24-34(48-40-19-14-30(44(2,3)4)25-35(40)36-26-31(45(5,6)7)15-20-41(36)48)18-23-39(29)49-42-21-16-32(46(8,9)10)27-37(42)38-28-33(47(11,12)13)17-22-43(38)49/h14-28H,1-13H3. The first-order valence-corrected chi connectivity index (χ1v) is 18.0. The molecule has 0 spiro atoms. The van der Waals surface area contributed by atoms with E-state index in [2.05, 4.69) is 190 Å². The fraction of sp³-hybridized carbons (Fsp3) is 0.362. The van der Waals surface area contributed by atoms with Gasteiger partial charge in [-0.05, 0) is 123 Å². The smallest absolute Gasteiger partial charge is 0.0541 e. The molecule has 0 N–H and O–H groups in total. The summed E-state index contributed by atoms with van der Waals surface area (Å²) in [5.74, 6) is 0. The van der Waals surface area contributed by atoms with Crippen LogP contribution in [0.15, 0.2) is 91.0 Å². The number of benzene rings is 5. The minimum atomic E-state index is 0.0748. The van der Waals surface area contributed by atoms with E-state index in [9.17, 15) is 0 Å². The lowest BCUT2D eigenvalue weighted by atomic mass is 9.85. The Morgan fingerprint density at radius 2 is 0.653 bits per heavy atom. The average molecular weight is 647 g/mol. The van der Waals surface area contributed by atoms with Gasteiger partial charge in [0.25, 0.3) is 0 Å². The van der Waals surface area contributed by atoms with Crippen LogP contribution in [0.5, 0.6) is 0 Å². The largest absolute Gasteiger partial charge is 0.309 e. The number of aryl methyl sites for hydroxylation is 1. The molecule has 0 aliphatic carbocycles. The normalized spacial score (nSPS) is 13.4. The van der Waals surface area contributed by atoms with Crippen LogP contribution in [0.1, 0.15) is 111 Å². The molecule has 0 unspecified atom stereocenters. The van der Waals surface area contributed by atoms with Crippen LogP contribution in [0.4, 0.5) is 0 Å². The summed E-state index contributed by atoms with van der Waals surface area (Å²) in [7, 11) is 0. The molecule has 0 radical (unpaired) electrons. The molecule has 7 rings (SSSR count). The second-order valence-electron chi connectivity index (χ2n) is 18.6. The van der Waals surface area contributed by atoms with Gasteiger partial charge in [-0.25, -0.2) is 0 Å². The number of rotatable bonds is 2. The molecule has 2 aromatic heterocycles. The molecule has 0 saturated carbocycles. The van der Waals surface area contributed by atoms with Crippen molar-refractivity contribution in [2.75, 3.05) is 0 Å². The third kappa shape index (κ3) is 5.58. The van der Waals surface area contributed by atoms with Crippen LogP contribution in [0, 0.1) is 6.92 Å². The van der Waals surface area contributed by atoms with Gasteiger partial charge in [0.1, 0.15) is 0 Å². The SMILES string of the molecule is Cc1cc(-n2c3ccc(C(C)(C)C)cc3c3cc(C(C)(C)C)ccc32)ccc1-n1c2ccc(C(C)(C)C)cc2c2cc(C(C)(C)C)ccc21. The van der Waals surface area contributed by atoms with Gasteiger partial charge in [-0.2, -0.15) is 0 Å². The van der Waals surface area contributed by atoms with E-state index in [-0.39, 0.29) is 21.7 Å². The number of nitrogens with zero attached hydrogens (tertiary/aromatic N) is 2. The summed E-state index contributed by atoms with van der Waals surface area (Å²) in [6.45, 7) is 29.9. The third-order valence-corrected chi connectivity index (χ3v) is 10.7. The van der Waals surface area contributed by atoms with Crippen LogP contribution in [0.3, 0.4) is 0 Å². The molecule has 252 valence electrons. The summed E-state index contributed by atoms with van der Waals surface area (Å²) in [5, 5.41) is 5.29. The molecule has 0 fully saturated rings. The highest BCUT2D eigenvalue weighted by atomic mass is 15.0. The molecule has 0 amide bonds. The molecular formula is C47H54N2. The maximum absolute atomic E-state index is 2.49. The van der Waals surface area contributed by atoms with Gasteiger partial charge in [0.15, 0.2) is 0 Å². The predicted octanol–water partition coefficient (Wildman–Crippen LogP) is 13.4. The summed E-state index contributed by atoms with van der Waals surface area (Å²) in [6, 6.07) is 35.4. The zero-order chi connectivity index (χ0) is 35.4. The lowest BCUT2D eigenvalue weighted by Crippen LogP contribution is -2.10. The van der Waals surface area contributed by atoms with Gasteiger partial charge in [0.05, 0.1) is 22.1 Å². The summed E-state index contributed by atoms with van der Waals surface area (Å²) in [5.41, 5.74) is 14.4.